The number of nitrogens with zero attached hydrogens (tertiary/aromatic N) is 1. The third-order valence-electron chi connectivity index (χ3n) is 5.02. The Morgan fingerprint density at radius 1 is 1.27 bits per heavy atom. The van der Waals surface area contributed by atoms with Crippen LogP contribution in [0.15, 0.2) is 42.1 Å². The maximum atomic E-state index is 12.8. The molecule has 0 spiro atoms. The SMILES string of the molecule is CC[C@@H](C)Oc1c(I)cc(/C=C2/NC(=O)N(CC(=O)Nc3cccc(C)c3)C2=O)cc1OC. The molecule has 8 nitrogen and oxygen atoms in total. The number of nitrogens with one attached hydrogen (secondary N) is 2. The molecule has 4 amide bonds. The van der Waals surface area contributed by atoms with Gasteiger partial charge < -0.3 is 20.1 Å². The van der Waals surface area contributed by atoms with Gasteiger partial charge in [0.25, 0.3) is 5.91 Å². The van der Waals surface area contributed by atoms with Gasteiger partial charge in [-0.3, -0.25) is 9.59 Å². The van der Waals surface area contributed by atoms with Crippen LogP contribution in [0.4, 0.5) is 10.5 Å². The number of amides is 4. The fourth-order valence-corrected chi connectivity index (χ4v) is 3.92. The van der Waals surface area contributed by atoms with Gasteiger partial charge in [-0.1, -0.05) is 19.1 Å². The quantitative estimate of drug-likeness (QED) is 0.284. The molecule has 2 aromatic carbocycles. The zero-order valence-corrected chi connectivity index (χ0v) is 21.1. The molecule has 0 radical (unpaired) electrons. The van der Waals surface area contributed by atoms with E-state index in [2.05, 4.69) is 33.2 Å². The number of aryl methyl sites for hydroxylation is 1. The fraction of sp³-hybridized carbons (Fsp3) is 0.292. The van der Waals surface area contributed by atoms with E-state index in [4.69, 9.17) is 9.47 Å². The highest BCUT2D eigenvalue weighted by Gasteiger charge is 2.35. The highest BCUT2D eigenvalue weighted by Crippen LogP contribution is 2.35. The van der Waals surface area contributed by atoms with Crippen molar-refractivity contribution in [2.24, 2.45) is 0 Å². The van der Waals surface area contributed by atoms with Gasteiger partial charge in [-0.05, 0) is 84.3 Å². The molecule has 1 aliphatic heterocycles. The van der Waals surface area contributed by atoms with E-state index in [9.17, 15) is 14.4 Å². The van der Waals surface area contributed by atoms with Crippen LogP contribution in [0.2, 0.25) is 0 Å². The molecule has 2 aromatic rings. The third-order valence-corrected chi connectivity index (χ3v) is 5.82. The first kappa shape index (κ1) is 24.6. The van der Waals surface area contributed by atoms with Gasteiger partial charge in [-0.2, -0.15) is 0 Å². The first-order chi connectivity index (χ1) is 15.7. The topological polar surface area (TPSA) is 97.0 Å². The van der Waals surface area contributed by atoms with Crippen LogP contribution in [-0.2, 0) is 9.59 Å². The second kappa shape index (κ2) is 10.7. The minimum Gasteiger partial charge on any atom is -0.493 e. The first-order valence-corrected chi connectivity index (χ1v) is 11.5. The smallest absolute Gasteiger partial charge is 0.329 e. The minimum absolute atomic E-state index is 0.0202. The molecule has 0 unspecified atom stereocenters. The largest absolute Gasteiger partial charge is 0.493 e. The number of carbonyl (C=O) groups excluding carboxylic acids is 3. The molecule has 1 fully saturated rings. The average molecular weight is 563 g/mol. The predicted molar refractivity (Wildman–Crippen MR) is 134 cm³/mol. The summed E-state index contributed by atoms with van der Waals surface area (Å²) in [6.45, 7) is 5.52. The number of hydrogen-bond acceptors (Lipinski definition) is 5. The summed E-state index contributed by atoms with van der Waals surface area (Å²) in [6.07, 6.45) is 2.42. The number of halogens is 1. The Balaban J connectivity index is 1.76. The second-order valence-corrected chi connectivity index (χ2v) is 8.83. The van der Waals surface area contributed by atoms with Gasteiger partial charge >= 0.3 is 6.03 Å². The van der Waals surface area contributed by atoms with Crippen LogP contribution in [-0.4, -0.2) is 42.5 Å². The van der Waals surface area contributed by atoms with E-state index >= 15 is 0 Å². The molecule has 174 valence electrons. The standard InChI is InChI=1S/C24H26IN3O5/c1-5-15(3)33-22-18(25)10-16(12-20(22)32-4)11-19-23(30)28(24(31)27-19)13-21(29)26-17-8-6-7-14(2)9-17/h6-12,15H,5,13H2,1-4H3,(H,26,29)(H,27,31)/b19-11+/t15-/m1/s1. The van der Waals surface area contributed by atoms with E-state index in [0.717, 1.165) is 20.5 Å². The first-order valence-electron chi connectivity index (χ1n) is 10.5. The van der Waals surface area contributed by atoms with Crippen molar-refractivity contribution in [2.45, 2.75) is 33.3 Å². The molecule has 1 aliphatic rings. The summed E-state index contributed by atoms with van der Waals surface area (Å²) in [5.74, 6) is 0.118. The zero-order chi connectivity index (χ0) is 24.1. The Hall–Kier alpha value is -3.08. The van der Waals surface area contributed by atoms with Crippen molar-refractivity contribution in [1.82, 2.24) is 10.2 Å². The van der Waals surface area contributed by atoms with Gasteiger partial charge in [0, 0.05) is 5.69 Å². The highest BCUT2D eigenvalue weighted by molar-refractivity contribution is 14.1. The molecule has 33 heavy (non-hydrogen) atoms. The van der Waals surface area contributed by atoms with E-state index in [1.54, 1.807) is 31.4 Å². The molecule has 3 rings (SSSR count). The van der Waals surface area contributed by atoms with Gasteiger partial charge in [0.2, 0.25) is 5.91 Å². The van der Waals surface area contributed by atoms with Crippen LogP contribution in [0.5, 0.6) is 11.5 Å². The van der Waals surface area contributed by atoms with Crippen LogP contribution in [0.1, 0.15) is 31.4 Å². The monoisotopic (exact) mass is 563 g/mol. The number of ether oxygens (including phenoxy) is 2. The zero-order valence-electron chi connectivity index (χ0n) is 18.9. The Bertz CT molecular complexity index is 1120. The third kappa shape index (κ3) is 6.04. The fourth-order valence-electron chi connectivity index (χ4n) is 3.17. The van der Waals surface area contributed by atoms with Crippen LogP contribution >= 0.6 is 22.6 Å². The summed E-state index contributed by atoms with van der Waals surface area (Å²) < 4.78 is 12.2. The molecule has 0 bridgehead atoms. The lowest BCUT2D eigenvalue weighted by Gasteiger charge is -2.17. The van der Waals surface area contributed by atoms with Crippen molar-refractivity contribution < 1.29 is 23.9 Å². The lowest BCUT2D eigenvalue weighted by molar-refractivity contribution is -0.127. The van der Waals surface area contributed by atoms with Gasteiger partial charge in [0.05, 0.1) is 16.8 Å². The van der Waals surface area contributed by atoms with Crippen molar-refractivity contribution in [1.29, 1.82) is 0 Å². The van der Waals surface area contributed by atoms with Gasteiger partial charge in [0.15, 0.2) is 11.5 Å². The van der Waals surface area contributed by atoms with Crippen LogP contribution in [0.25, 0.3) is 6.08 Å². The van der Waals surface area contributed by atoms with Gasteiger partial charge in [-0.25, -0.2) is 9.69 Å². The van der Waals surface area contributed by atoms with Crippen molar-refractivity contribution in [3.05, 3.63) is 56.8 Å². The van der Waals surface area contributed by atoms with Crippen molar-refractivity contribution in [3.8, 4) is 11.5 Å². The second-order valence-electron chi connectivity index (χ2n) is 7.67. The minimum atomic E-state index is -0.649. The predicted octanol–water partition coefficient (Wildman–Crippen LogP) is 4.32. The summed E-state index contributed by atoms with van der Waals surface area (Å²) in [4.78, 5) is 38.4. The summed E-state index contributed by atoms with van der Waals surface area (Å²) in [5, 5.41) is 5.24. The van der Waals surface area contributed by atoms with E-state index in [0.29, 0.717) is 22.7 Å². The molecule has 0 aliphatic carbocycles. The molecule has 1 saturated heterocycles. The number of carbonyl (C=O) groups is 3. The number of methoxy groups -OCH3 is 1. The van der Waals surface area contributed by atoms with E-state index in [-0.39, 0.29) is 11.8 Å². The molecular weight excluding hydrogens is 537 g/mol. The normalized spacial score (nSPS) is 15.4. The summed E-state index contributed by atoms with van der Waals surface area (Å²) in [7, 11) is 1.54. The number of rotatable bonds is 8. The number of anilines is 1. The Morgan fingerprint density at radius 2 is 2.03 bits per heavy atom. The van der Waals surface area contributed by atoms with Crippen LogP contribution in [0.3, 0.4) is 0 Å². The van der Waals surface area contributed by atoms with Gasteiger partial charge in [-0.15, -0.1) is 0 Å². The Kier molecular flexibility index (Phi) is 7.96. The molecule has 1 heterocycles. The van der Waals surface area contributed by atoms with Crippen molar-refractivity contribution in [3.63, 3.8) is 0 Å². The Morgan fingerprint density at radius 3 is 2.70 bits per heavy atom. The highest BCUT2D eigenvalue weighted by atomic mass is 127. The van der Waals surface area contributed by atoms with Crippen LogP contribution in [0, 0.1) is 10.5 Å². The lowest BCUT2D eigenvalue weighted by atomic mass is 10.1. The molecule has 1 atom stereocenters. The Labute approximate surface area is 206 Å². The number of hydrogen-bond donors (Lipinski definition) is 2. The number of benzene rings is 2. The van der Waals surface area contributed by atoms with E-state index in [1.807, 2.05) is 39.0 Å². The summed E-state index contributed by atoms with van der Waals surface area (Å²) in [5.41, 5.74) is 2.32. The van der Waals surface area contributed by atoms with Gasteiger partial charge in [0.1, 0.15) is 12.2 Å². The summed E-state index contributed by atoms with van der Waals surface area (Å²) >= 11 is 2.14. The van der Waals surface area contributed by atoms with E-state index < -0.39 is 24.4 Å². The maximum absolute atomic E-state index is 12.8. The molecule has 9 heteroatoms. The van der Waals surface area contributed by atoms with E-state index in [1.165, 1.54) is 0 Å². The van der Waals surface area contributed by atoms with Crippen LogP contribution < -0.4 is 20.1 Å². The molecule has 2 N–H and O–H groups in total. The lowest BCUT2D eigenvalue weighted by Crippen LogP contribution is -2.38. The van der Waals surface area contributed by atoms with Crippen molar-refractivity contribution >= 4 is 52.2 Å². The molecule has 0 aromatic heterocycles. The van der Waals surface area contributed by atoms with Crippen molar-refractivity contribution in [2.75, 3.05) is 19.0 Å². The number of imide groups is 1. The summed E-state index contributed by atoms with van der Waals surface area (Å²) in [6, 6.07) is 10.2. The maximum Gasteiger partial charge on any atom is 0.329 e. The average Bonchev–Trinajstić information content (AvgIpc) is 3.02. The number of urea groups is 1. The molecule has 0 saturated carbocycles. The molecular formula is C24H26IN3O5.